The average molecular weight is 473 g/mol. The third-order valence-corrected chi connectivity index (χ3v) is 3.99. The van der Waals surface area contributed by atoms with E-state index in [9.17, 15) is 4.39 Å². The highest BCUT2D eigenvalue weighted by atomic mass is 127. The molecule has 0 bridgehead atoms. The quantitative estimate of drug-likeness (QED) is 0.254. The third kappa shape index (κ3) is 7.72. The lowest BCUT2D eigenvalue weighted by molar-refractivity contribution is 0.599. The summed E-state index contributed by atoms with van der Waals surface area (Å²) in [6, 6.07) is 6.89. The Hall–Kier alpha value is -1.64. The molecule has 1 aromatic heterocycles. The Morgan fingerprint density at radius 2 is 2.04 bits per heavy atom. The van der Waals surface area contributed by atoms with Crippen molar-refractivity contribution in [3.8, 4) is 0 Å². The van der Waals surface area contributed by atoms with Crippen LogP contribution < -0.4 is 10.6 Å². The number of nitrogens with zero attached hydrogens (tertiary/aromatic N) is 3. The van der Waals surface area contributed by atoms with E-state index in [0.29, 0.717) is 13.0 Å². The Balaban J connectivity index is 0.00000338. The fourth-order valence-corrected chi connectivity index (χ4v) is 2.58. The average Bonchev–Trinajstić information content (AvgIpc) is 3.01. The number of imidazole rings is 1. The van der Waals surface area contributed by atoms with Gasteiger partial charge in [-0.3, -0.25) is 4.99 Å². The van der Waals surface area contributed by atoms with Crippen molar-refractivity contribution in [3.05, 3.63) is 53.9 Å². The minimum Gasteiger partial charge on any atom is -0.357 e. The van der Waals surface area contributed by atoms with E-state index < -0.39 is 0 Å². The maximum absolute atomic E-state index is 13.6. The first kappa shape index (κ1) is 22.4. The molecular weight excluding hydrogens is 444 g/mol. The van der Waals surface area contributed by atoms with Crippen LogP contribution in [-0.4, -0.2) is 35.1 Å². The van der Waals surface area contributed by atoms with Crippen molar-refractivity contribution in [3.63, 3.8) is 0 Å². The van der Waals surface area contributed by atoms with Gasteiger partial charge in [-0.15, -0.1) is 24.0 Å². The zero-order chi connectivity index (χ0) is 17.9. The number of halogens is 2. The van der Waals surface area contributed by atoms with E-state index in [2.05, 4.69) is 25.2 Å². The lowest BCUT2D eigenvalue weighted by Gasteiger charge is -2.11. The van der Waals surface area contributed by atoms with Gasteiger partial charge in [-0.2, -0.15) is 0 Å². The monoisotopic (exact) mass is 473 g/mol. The van der Waals surface area contributed by atoms with E-state index in [1.165, 1.54) is 6.07 Å². The SMILES string of the molecule is CCNC(=NCCCCn1ccnc1C)NCCc1ccccc1F.I. The van der Waals surface area contributed by atoms with Gasteiger partial charge in [0.25, 0.3) is 0 Å². The lowest BCUT2D eigenvalue weighted by Crippen LogP contribution is -2.38. The Morgan fingerprint density at radius 1 is 1.23 bits per heavy atom. The Labute approximate surface area is 172 Å². The maximum Gasteiger partial charge on any atom is 0.191 e. The fraction of sp³-hybridized carbons (Fsp3) is 0.474. The molecule has 2 N–H and O–H groups in total. The van der Waals surface area contributed by atoms with Crippen LogP contribution in [0.1, 0.15) is 31.2 Å². The Kier molecular flexibility index (Phi) is 10.9. The molecule has 0 radical (unpaired) electrons. The molecule has 0 aliphatic rings. The lowest BCUT2D eigenvalue weighted by atomic mass is 10.1. The number of aliphatic imine (C=N–C) groups is 1. The van der Waals surface area contributed by atoms with Gasteiger partial charge in [0.05, 0.1) is 0 Å². The summed E-state index contributed by atoms with van der Waals surface area (Å²) < 4.78 is 15.8. The molecule has 1 aromatic carbocycles. The number of benzene rings is 1. The van der Waals surface area contributed by atoms with Gasteiger partial charge in [0.15, 0.2) is 5.96 Å². The van der Waals surface area contributed by atoms with Crippen molar-refractivity contribution in [2.75, 3.05) is 19.6 Å². The zero-order valence-electron chi connectivity index (χ0n) is 15.5. The standard InChI is InChI=1S/C19H28FN5.HI/c1-3-21-19(24-12-10-17-8-4-5-9-18(17)20)23-11-6-7-14-25-15-13-22-16(25)2;/h4-5,8-9,13,15H,3,6-7,10-12,14H2,1-2H3,(H2,21,23,24);1H. The molecule has 26 heavy (non-hydrogen) atoms. The molecule has 0 fully saturated rings. The van der Waals surface area contributed by atoms with E-state index in [-0.39, 0.29) is 29.8 Å². The highest BCUT2D eigenvalue weighted by molar-refractivity contribution is 14.0. The molecule has 0 unspecified atom stereocenters. The topological polar surface area (TPSA) is 54.2 Å². The van der Waals surface area contributed by atoms with Gasteiger partial charge in [0, 0.05) is 38.6 Å². The number of aryl methyl sites for hydroxylation is 2. The molecule has 0 aliphatic heterocycles. The van der Waals surface area contributed by atoms with E-state index in [0.717, 1.165) is 49.8 Å². The predicted octanol–water partition coefficient (Wildman–Crippen LogP) is 3.53. The molecule has 2 aromatic rings. The van der Waals surface area contributed by atoms with E-state index >= 15 is 0 Å². The molecule has 0 atom stereocenters. The van der Waals surface area contributed by atoms with Gasteiger partial charge in [-0.1, -0.05) is 18.2 Å². The van der Waals surface area contributed by atoms with Gasteiger partial charge >= 0.3 is 0 Å². The molecule has 0 aliphatic carbocycles. The predicted molar refractivity (Wildman–Crippen MR) is 116 cm³/mol. The van der Waals surface area contributed by atoms with E-state index in [4.69, 9.17) is 0 Å². The molecule has 7 heteroatoms. The zero-order valence-corrected chi connectivity index (χ0v) is 17.9. The van der Waals surface area contributed by atoms with Crippen LogP contribution in [0.3, 0.4) is 0 Å². The fourth-order valence-electron chi connectivity index (χ4n) is 2.58. The number of nitrogens with one attached hydrogen (secondary N) is 2. The van der Waals surface area contributed by atoms with Crippen molar-refractivity contribution < 1.29 is 4.39 Å². The maximum atomic E-state index is 13.6. The minimum atomic E-state index is -0.152. The van der Waals surface area contributed by atoms with Crippen molar-refractivity contribution >= 4 is 29.9 Å². The second-order valence-corrected chi connectivity index (χ2v) is 5.90. The number of guanidine groups is 1. The van der Waals surface area contributed by atoms with Gasteiger partial charge in [-0.25, -0.2) is 9.37 Å². The van der Waals surface area contributed by atoms with Crippen LogP contribution in [0.5, 0.6) is 0 Å². The van der Waals surface area contributed by atoms with Crippen LogP contribution in [0.2, 0.25) is 0 Å². The minimum absolute atomic E-state index is 0. The summed E-state index contributed by atoms with van der Waals surface area (Å²) in [4.78, 5) is 8.81. The molecule has 5 nitrogen and oxygen atoms in total. The Bertz CT molecular complexity index is 671. The number of hydrogen-bond donors (Lipinski definition) is 2. The van der Waals surface area contributed by atoms with Crippen LogP contribution >= 0.6 is 24.0 Å². The van der Waals surface area contributed by atoms with Crippen LogP contribution in [0, 0.1) is 12.7 Å². The van der Waals surface area contributed by atoms with Crippen LogP contribution in [-0.2, 0) is 13.0 Å². The second-order valence-electron chi connectivity index (χ2n) is 5.90. The molecular formula is C19H29FIN5. The first-order chi connectivity index (χ1) is 12.2. The number of hydrogen-bond acceptors (Lipinski definition) is 2. The molecule has 2 rings (SSSR count). The molecule has 1 heterocycles. The third-order valence-electron chi connectivity index (χ3n) is 3.99. The number of aromatic nitrogens is 2. The molecule has 0 saturated heterocycles. The summed E-state index contributed by atoms with van der Waals surface area (Å²) in [5.74, 6) is 1.69. The van der Waals surface area contributed by atoms with Gasteiger partial charge in [-0.05, 0) is 44.7 Å². The highest BCUT2D eigenvalue weighted by Crippen LogP contribution is 2.06. The smallest absolute Gasteiger partial charge is 0.191 e. The summed E-state index contributed by atoms with van der Waals surface area (Å²) in [6.07, 6.45) is 6.55. The molecule has 144 valence electrons. The Morgan fingerprint density at radius 3 is 2.73 bits per heavy atom. The van der Waals surface area contributed by atoms with Gasteiger partial charge in [0.1, 0.15) is 11.6 Å². The van der Waals surface area contributed by atoms with Gasteiger partial charge < -0.3 is 15.2 Å². The van der Waals surface area contributed by atoms with Crippen molar-refractivity contribution in [1.82, 2.24) is 20.2 Å². The van der Waals surface area contributed by atoms with Gasteiger partial charge in [0.2, 0.25) is 0 Å². The molecule has 0 spiro atoms. The van der Waals surface area contributed by atoms with Crippen LogP contribution in [0.25, 0.3) is 0 Å². The first-order valence-corrected chi connectivity index (χ1v) is 8.94. The number of rotatable bonds is 9. The summed E-state index contributed by atoms with van der Waals surface area (Å²) >= 11 is 0. The summed E-state index contributed by atoms with van der Waals surface area (Å²) in [6.45, 7) is 7.25. The van der Waals surface area contributed by atoms with Crippen molar-refractivity contribution in [2.24, 2.45) is 4.99 Å². The summed E-state index contributed by atoms with van der Waals surface area (Å²) in [5, 5.41) is 6.49. The summed E-state index contributed by atoms with van der Waals surface area (Å²) in [7, 11) is 0. The summed E-state index contributed by atoms with van der Waals surface area (Å²) in [5.41, 5.74) is 0.724. The highest BCUT2D eigenvalue weighted by Gasteiger charge is 2.02. The van der Waals surface area contributed by atoms with E-state index in [1.54, 1.807) is 6.07 Å². The van der Waals surface area contributed by atoms with Crippen molar-refractivity contribution in [2.45, 2.75) is 39.7 Å². The van der Waals surface area contributed by atoms with Crippen LogP contribution in [0.15, 0.2) is 41.7 Å². The second kappa shape index (κ2) is 12.7. The molecule has 0 saturated carbocycles. The van der Waals surface area contributed by atoms with Crippen LogP contribution in [0.4, 0.5) is 4.39 Å². The molecule has 0 amide bonds. The van der Waals surface area contributed by atoms with Crippen molar-refractivity contribution in [1.29, 1.82) is 0 Å². The first-order valence-electron chi connectivity index (χ1n) is 8.94. The number of unbranched alkanes of at least 4 members (excludes halogenated alkanes) is 1. The normalized spacial score (nSPS) is 11.1. The van der Waals surface area contributed by atoms with E-state index in [1.807, 2.05) is 38.4 Å². The largest absolute Gasteiger partial charge is 0.357 e.